The second kappa shape index (κ2) is 7.77. The third-order valence-electron chi connectivity index (χ3n) is 3.32. The van der Waals surface area contributed by atoms with E-state index < -0.39 is 0 Å². The molecule has 1 heterocycles. The molecule has 0 aliphatic carbocycles. The van der Waals surface area contributed by atoms with E-state index in [1.54, 1.807) is 19.2 Å². The van der Waals surface area contributed by atoms with Gasteiger partial charge in [-0.25, -0.2) is 4.79 Å². The summed E-state index contributed by atoms with van der Waals surface area (Å²) < 4.78 is 5.38. The third-order valence-corrected chi connectivity index (χ3v) is 3.32. The minimum atomic E-state index is -0.327. The van der Waals surface area contributed by atoms with Crippen LogP contribution in [0.1, 0.15) is 55.6 Å². The molecule has 1 unspecified atom stereocenters. The number of hydrogen-bond acceptors (Lipinski definition) is 4. The Bertz CT molecular complexity index is 419. The number of anilines is 1. The lowest BCUT2D eigenvalue weighted by molar-refractivity contribution is 0.0427. The van der Waals surface area contributed by atoms with Crippen molar-refractivity contribution in [2.24, 2.45) is 5.92 Å². The lowest BCUT2D eigenvalue weighted by atomic mass is 10.0. The maximum Gasteiger partial charge on any atom is 0.340 e. The van der Waals surface area contributed by atoms with Crippen LogP contribution < -0.4 is 5.73 Å². The predicted octanol–water partition coefficient (Wildman–Crippen LogP) is 3.35. The van der Waals surface area contributed by atoms with E-state index in [1.165, 1.54) is 12.8 Å². The Morgan fingerprint density at radius 2 is 2.21 bits per heavy atom. The summed E-state index contributed by atoms with van der Waals surface area (Å²) in [7, 11) is 0. The first-order valence-electron chi connectivity index (χ1n) is 6.97. The Labute approximate surface area is 115 Å². The highest BCUT2D eigenvalue weighted by atomic mass is 16.5. The van der Waals surface area contributed by atoms with Crippen LogP contribution in [0.15, 0.2) is 12.3 Å². The van der Waals surface area contributed by atoms with E-state index in [0.29, 0.717) is 29.5 Å². The number of esters is 1. The first-order valence-corrected chi connectivity index (χ1v) is 6.97. The molecule has 4 heteroatoms. The lowest BCUT2D eigenvalue weighted by Crippen LogP contribution is -2.15. The zero-order chi connectivity index (χ0) is 14.3. The van der Waals surface area contributed by atoms with Gasteiger partial charge in [-0.3, -0.25) is 4.98 Å². The fraction of sp³-hybridized carbons (Fsp3) is 0.600. The smallest absolute Gasteiger partial charge is 0.340 e. The highest BCUT2D eigenvalue weighted by molar-refractivity contribution is 5.91. The van der Waals surface area contributed by atoms with E-state index in [2.05, 4.69) is 18.8 Å². The molecule has 0 aliphatic rings. The molecule has 0 aromatic carbocycles. The van der Waals surface area contributed by atoms with Crippen LogP contribution in [0.3, 0.4) is 0 Å². The van der Waals surface area contributed by atoms with Crippen molar-refractivity contribution in [2.75, 3.05) is 12.3 Å². The number of nitrogen functional groups attached to an aromatic ring is 1. The van der Waals surface area contributed by atoms with Gasteiger partial charge in [0.25, 0.3) is 0 Å². The highest BCUT2D eigenvalue weighted by Crippen LogP contribution is 2.15. The molecule has 4 nitrogen and oxygen atoms in total. The number of ether oxygens (including phenoxy) is 1. The van der Waals surface area contributed by atoms with Crippen LogP contribution in [-0.4, -0.2) is 17.6 Å². The topological polar surface area (TPSA) is 65.2 Å². The number of rotatable bonds is 7. The van der Waals surface area contributed by atoms with Crippen molar-refractivity contribution in [3.8, 4) is 0 Å². The summed E-state index contributed by atoms with van der Waals surface area (Å²) in [5.74, 6) is 0.116. The molecular weight excluding hydrogens is 240 g/mol. The number of aromatic nitrogens is 1. The van der Waals surface area contributed by atoms with Gasteiger partial charge < -0.3 is 10.5 Å². The number of hydrogen-bond donors (Lipinski definition) is 1. The van der Waals surface area contributed by atoms with Gasteiger partial charge in [0, 0.05) is 0 Å². The molecule has 0 saturated heterocycles. The molecule has 1 rings (SSSR count). The molecule has 106 valence electrons. The number of carbonyl (C=O) groups is 1. The summed E-state index contributed by atoms with van der Waals surface area (Å²) >= 11 is 0. The molecule has 0 fully saturated rings. The Hall–Kier alpha value is -1.58. The maximum atomic E-state index is 12.0. The average Bonchev–Trinajstić information content (AvgIpc) is 2.41. The molecular formula is C15H24N2O2. The largest absolute Gasteiger partial charge is 0.462 e. The summed E-state index contributed by atoms with van der Waals surface area (Å²) in [5, 5.41) is 0. The van der Waals surface area contributed by atoms with Crippen LogP contribution in [0.4, 0.5) is 5.69 Å². The Morgan fingerprint density at radius 1 is 1.47 bits per heavy atom. The van der Waals surface area contributed by atoms with Crippen LogP contribution >= 0.6 is 0 Å². The Morgan fingerprint density at radius 3 is 2.84 bits per heavy atom. The monoisotopic (exact) mass is 264 g/mol. The lowest BCUT2D eigenvalue weighted by Gasteiger charge is -2.15. The Kier molecular flexibility index (Phi) is 6.33. The number of aryl methyl sites for hydroxylation is 1. The number of pyridine rings is 1. The van der Waals surface area contributed by atoms with E-state index in [9.17, 15) is 4.79 Å². The first-order chi connectivity index (χ1) is 9.08. The number of nitrogens with zero attached hydrogens (tertiary/aromatic N) is 1. The van der Waals surface area contributed by atoms with Crippen LogP contribution in [0.25, 0.3) is 0 Å². The molecule has 19 heavy (non-hydrogen) atoms. The zero-order valence-electron chi connectivity index (χ0n) is 12.1. The van der Waals surface area contributed by atoms with Gasteiger partial charge in [0.15, 0.2) is 0 Å². The minimum absolute atomic E-state index is 0.327. The standard InChI is InChI=1S/C15H24N2O2/c1-4-6-7-12(5-2)10-19-15(18)14-8-13(16)9-17-11(14)3/h8-9,12H,4-7,10,16H2,1-3H3. The van der Waals surface area contributed by atoms with Crippen LogP contribution in [0.5, 0.6) is 0 Å². The predicted molar refractivity (Wildman–Crippen MR) is 77.0 cm³/mol. The van der Waals surface area contributed by atoms with Crippen LogP contribution in [0, 0.1) is 12.8 Å². The molecule has 1 aromatic heterocycles. The summed E-state index contributed by atoms with van der Waals surface area (Å²) in [5.41, 5.74) is 7.24. The van der Waals surface area contributed by atoms with Gasteiger partial charge in [0.2, 0.25) is 0 Å². The molecule has 0 saturated carbocycles. The van der Waals surface area contributed by atoms with Gasteiger partial charge in [-0.2, -0.15) is 0 Å². The third kappa shape index (κ3) is 4.89. The van der Waals surface area contributed by atoms with E-state index in [0.717, 1.165) is 12.8 Å². The van der Waals surface area contributed by atoms with E-state index >= 15 is 0 Å². The summed E-state index contributed by atoms with van der Waals surface area (Å²) in [6.07, 6.45) is 6.02. The fourth-order valence-electron chi connectivity index (χ4n) is 1.93. The van der Waals surface area contributed by atoms with Crippen molar-refractivity contribution < 1.29 is 9.53 Å². The van der Waals surface area contributed by atoms with Crippen molar-refractivity contribution in [3.05, 3.63) is 23.5 Å². The van der Waals surface area contributed by atoms with Crippen LogP contribution in [0.2, 0.25) is 0 Å². The zero-order valence-corrected chi connectivity index (χ0v) is 12.1. The van der Waals surface area contributed by atoms with Gasteiger partial charge in [0.05, 0.1) is 29.7 Å². The van der Waals surface area contributed by atoms with Gasteiger partial charge in [-0.1, -0.05) is 33.1 Å². The molecule has 0 bridgehead atoms. The van der Waals surface area contributed by atoms with Gasteiger partial charge in [-0.05, 0) is 25.3 Å². The van der Waals surface area contributed by atoms with E-state index in [1.807, 2.05) is 0 Å². The molecule has 2 N–H and O–H groups in total. The van der Waals surface area contributed by atoms with Crippen molar-refractivity contribution >= 4 is 11.7 Å². The second-order valence-corrected chi connectivity index (χ2v) is 4.92. The highest BCUT2D eigenvalue weighted by Gasteiger charge is 2.14. The number of unbranched alkanes of at least 4 members (excludes halogenated alkanes) is 1. The van der Waals surface area contributed by atoms with Crippen molar-refractivity contribution in [3.63, 3.8) is 0 Å². The molecule has 1 atom stereocenters. The second-order valence-electron chi connectivity index (χ2n) is 4.92. The normalized spacial score (nSPS) is 12.2. The SMILES string of the molecule is CCCCC(CC)COC(=O)c1cc(N)cnc1C. The van der Waals surface area contributed by atoms with Crippen molar-refractivity contribution in [1.82, 2.24) is 4.98 Å². The van der Waals surface area contributed by atoms with Gasteiger partial charge in [-0.15, -0.1) is 0 Å². The number of carbonyl (C=O) groups excluding carboxylic acids is 1. The fourth-order valence-corrected chi connectivity index (χ4v) is 1.93. The summed E-state index contributed by atoms with van der Waals surface area (Å²) in [6.45, 7) is 6.55. The molecule has 1 aromatic rings. The van der Waals surface area contributed by atoms with Crippen LogP contribution in [-0.2, 0) is 4.74 Å². The first kappa shape index (κ1) is 15.5. The molecule has 0 spiro atoms. The summed E-state index contributed by atoms with van der Waals surface area (Å²) in [6, 6.07) is 1.62. The molecule has 0 radical (unpaired) electrons. The van der Waals surface area contributed by atoms with Gasteiger partial charge >= 0.3 is 5.97 Å². The Balaban J connectivity index is 2.56. The maximum absolute atomic E-state index is 12.0. The summed E-state index contributed by atoms with van der Waals surface area (Å²) in [4.78, 5) is 16.1. The van der Waals surface area contributed by atoms with E-state index in [-0.39, 0.29) is 5.97 Å². The number of nitrogens with two attached hydrogens (primary N) is 1. The van der Waals surface area contributed by atoms with Crippen molar-refractivity contribution in [2.45, 2.75) is 46.5 Å². The van der Waals surface area contributed by atoms with Crippen molar-refractivity contribution in [1.29, 1.82) is 0 Å². The van der Waals surface area contributed by atoms with E-state index in [4.69, 9.17) is 10.5 Å². The van der Waals surface area contributed by atoms with Gasteiger partial charge in [0.1, 0.15) is 0 Å². The average molecular weight is 264 g/mol. The molecule has 0 aliphatic heterocycles. The molecule has 0 amide bonds. The minimum Gasteiger partial charge on any atom is -0.462 e. The quantitative estimate of drug-likeness (QED) is 0.767.